The molecule has 0 unspecified atom stereocenters. The third-order valence-corrected chi connectivity index (χ3v) is 4.07. The Bertz CT molecular complexity index is 940. The van der Waals surface area contributed by atoms with E-state index in [4.69, 9.17) is 0 Å². The number of H-pyrrole nitrogens is 1. The number of para-hydroxylation sites is 1. The maximum Gasteiger partial charge on any atom is 0.270 e. The highest BCUT2D eigenvalue weighted by Crippen LogP contribution is 2.28. The Morgan fingerprint density at radius 2 is 2.08 bits per heavy atom. The second-order valence-electron chi connectivity index (χ2n) is 5.44. The Kier molecular flexibility index (Phi) is 4.17. The van der Waals surface area contributed by atoms with E-state index in [1.807, 2.05) is 36.2 Å². The van der Waals surface area contributed by atoms with Crippen molar-refractivity contribution in [2.45, 2.75) is 13.5 Å². The summed E-state index contributed by atoms with van der Waals surface area (Å²) in [6.07, 6.45) is 1.96. The van der Waals surface area contributed by atoms with E-state index in [9.17, 15) is 15.4 Å². The van der Waals surface area contributed by atoms with Gasteiger partial charge in [-0.25, -0.2) is 0 Å². The minimum absolute atomic E-state index is 0.0709. The van der Waals surface area contributed by atoms with Gasteiger partial charge in [-0.3, -0.25) is 10.1 Å². The van der Waals surface area contributed by atoms with Gasteiger partial charge in [-0.2, -0.15) is 5.26 Å². The fourth-order valence-electron chi connectivity index (χ4n) is 2.84. The summed E-state index contributed by atoms with van der Waals surface area (Å²) in [5, 5.41) is 21.4. The average Bonchev–Trinajstić information content (AvgIpc) is 3.02. The van der Waals surface area contributed by atoms with Gasteiger partial charge in [0, 0.05) is 42.3 Å². The maximum atomic E-state index is 10.9. The lowest BCUT2D eigenvalue weighted by Gasteiger charge is -2.23. The average molecular weight is 320 g/mol. The molecule has 1 heterocycles. The molecule has 3 rings (SSSR count). The van der Waals surface area contributed by atoms with Crippen LogP contribution in [0.3, 0.4) is 0 Å². The van der Waals surface area contributed by atoms with Crippen LogP contribution in [0.15, 0.2) is 48.7 Å². The quantitative estimate of drug-likeness (QED) is 0.569. The van der Waals surface area contributed by atoms with Crippen molar-refractivity contribution >= 4 is 22.3 Å². The van der Waals surface area contributed by atoms with Crippen molar-refractivity contribution in [1.29, 1.82) is 5.26 Å². The molecule has 0 bridgehead atoms. The number of fused-ring (bicyclic) bond motifs is 1. The van der Waals surface area contributed by atoms with Gasteiger partial charge >= 0.3 is 0 Å². The molecule has 1 aromatic heterocycles. The number of nitro groups is 1. The molecule has 0 aliphatic carbocycles. The normalized spacial score (nSPS) is 10.5. The summed E-state index contributed by atoms with van der Waals surface area (Å²) in [7, 11) is 0. The number of nitriles is 1. The van der Waals surface area contributed by atoms with E-state index < -0.39 is 4.92 Å². The predicted octanol–water partition coefficient (Wildman–Crippen LogP) is 3.97. The predicted molar refractivity (Wildman–Crippen MR) is 92.8 cm³/mol. The van der Waals surface area contributed by atoms with Crippen molar-refractivity contribution in [3.63, 3.8) is 0 Å². The number of hydrogen-bond acceptors (Lipinski definition) is 4. The van der Waals surface area contributed by atoms with Crippen molar-refractivity contribution in [2.75, 3.05) is 11.4 Å². The first-order valence-corrected chi connectivity index (χ1v) is 7.62. The van der Waals surface area contributed by atoms with Crippen molar-refractivity contribution in [3.05, 3.63) is 69.9 Å². The molecule has 0 saturated heterocycles. The summed E-state index contributed by atoms with van der Waals surface area (Å²) in [5.41, 5.74) is 3.13. The Balaban J connectivity index is 1.97. The topological polar surface area (TPSA) is 86.0 Å². The number of rotatable bonds is 5. The molecule has 6 nitrogen and oxygen atoms in total. The third-order valence-electron chi connectivity index (χ3n) is 4.07. The highest BCUT2D eigenvalue weighted by atomic mass is 16.6. The van der Waals surface area contributed by atoms with Crippen molar-refractivity contribution in [3.8, 4) is 6.07 Å². The number of benzene rings is 2. The summed E-state index contributed by atoms with van der Waals surface area (Å²) < 4.78 is 0. The molecule has 1 N–H and O–H groups in total. The smallest absolute Gasteiger partial charge is 0.270 e. The van der Waals surface area contributed by atoms with E-state index in [0.717, 1.165) is 16.5 Å². The molecule has 120 valence electrons. The van der Waals surface area contributed by atoms with Crippen LogP contribution in [-0.2, 0) is 6.54 Å². The minimum atomic E-state index is -0.486. The van der Waals surface area contributed by atoms with Gasteiger partial charge in [0.15, 0.2) is 0 Å². The SMILES string of the molecule is CCN(Cc1c[nH]c2ccccc12)c1ccc([N+](=O)[O-])cc1C#N. The second kappa shape index (κ2) is 6.42. The molecule has 0 radical (unpaired) electrons. The van der Waals surface area contributed by atoms with Crippen LogP contribution in [0.4, 0.5) is 11.4 Å². The van der Waals surface area contributed by atoms with Crippen LogP contribution < -0.4 is 4.90 Å². The van der Waals surface area contributed by atoms with Crippen molar-refractivity contribution in [1.82, 2.24) is 4.98 Å². The molecule has 0 atom stereocenters. The van der Waals surface area contributed by atoms with E-state index in [2.05, 4.69) is 17.1 Å². The molecule has 2 aromatic carbocycles. The highest BCUT2D eigenvalue weighted by molar-refractivity contribution is 5.83. The van der Waals surface area contributed by atoms with Crippen LogP contribution in [0.5, 0.6) is 0 Å². The standard InChI is InChI=1S/C18H16N4O2/c1-2-21(12-14-11-20-17-6-4-3-5-16(14)17)18-8-7-15(22(23)24)9-13(18)10-19/h3-9,11,20H,2,12H2,1H3. The molecule has 0 aliphatic heterocycles. The zero-order chi connectivity index (χ0) is 17.1. The van der Waals surface area contributed by atoms with Crippen LogP contribution >= 0.6 is 0 Å². The largest absolute Gasteiger partial charge is 0.366 e. The third kappa shape index (κ3) is 2.79. The lowest BCUT2D eigenvalue weighted by atomic mass is 10.1. The Labute approximate surface area is 139 Å². The molecule has 0 aliphatic rings. The van der Waals surface area contributed by atoms with Gasteiger partial charge < -0.3 is 9.88 Å². The number of aromatic amines is 1. The summed E-state index contributed by atoms with van der Waals surface area (Å²) >= 11 is 0. The fourth-order valence-corrected chi connectivity index (χ4v) is 2.84. The monoisotopic (exact) mass is 320 g/mol. The maximum absolute atomic E-state index is 10.9. The Hall–Kier alpha value is -3.33. The van der Waals surface area contributed by atoms with Crippen LogP contribution in [0.2, 0.25) is 0 Å². The van der Waals surface area contributed by atoms with Crippen LogP contribution in [0.1, 0.15) is 18.1 Å². The second-order valence-corrected chi connectivity index (χ2v) is 5.44. The zero-order valence-corrected chi connectivity index (χ0v) is 13.2. The van der Waals surface area contributed by atoms with E-state index in [1.54, 1.807) is 6.07 Å². The van der Waals surface area contributed by atoms with E-state index in [0.29, 0.717) is 24.3 Å². The Morgan fingerprint density at radius 3 is 2.79 bits per heavy atom. The van der Waals surface area contributed by atoms with Crippen molar-refractivity contribution < 1.29 is 4.92 Å². The summed E-state index contributed by atoms with van der Waals surface area (Å²) in [6.45, 7) is 3.30. The minimum Gasteiger partial charge on any atom is -0.366 e. The van der Waals surface area contributed by atoms with Crippen LogP contribution in [-0.4, -0.2) is 16.5 Å². The number of anilines is 1. The number of aromatic nitrogens is 1. The lowest BCUT2D eigenvalue weighted by Crippen LogP contribution is -2.22. The van der Waals surface area contributed by atoms with Gasteiger partial charge in [-0.15, -0.1) is 0 Å². The molecular formula is C18H16N4O2. The summed E-state index contributed by atoms with van der Waals surface area (Å²) in [6, 6.07) is 14.5. The van der Waals surface area contributed by atoms with E-state index >= 15 is 0 Å². The van der Waals surface area contributed by atoms with Gasteiger partial charge in [0.2, 0.25) is 0 Å². The first kappa shape index (κ1) is 15.6. The van der Waals surface area contributed by atoms with Gasteiger partial charge in [0.05, 0.1) is 16.2 Å². The van der Waals surface area contributed by atoms with E-state index in [1.165, 1.54) is 12.1 Å². The Morgan fingerprint density at radius 1 is 1.29 bits per heavy atom. The molecule has 0 spiro atoms. The summed E-state index contributed by atoms with van der Waals surface area (Å²) in [5.74, 6) is 0. The highest BCUT2D eigenvalue weighted by Gasteiger charge is 2.16. The molecule has 0 saturated carbocycles. The fraction of sp³-hybridized carbons (Fsp3) is 0.167. The number of nitrogens with zero attached hydrogens (tertiary/aromatic N) is 3. The van der Waals surface area contributed by atoms with Crippen LogP contribution in [0.25, 0.3) is 10.9 Å². The molecule has 3 aromatic rings. The molecular weight excluding hydrogens is 304 g/mol. The molecule has 6 heteroatoms. The van der Waals surface area contributed by atoms with Gasteiger partial charge in [0.25, 0.3) is 5.69 Å². The number of nitrogens with one attached hydrogen (secondary N) is 1. The molecule has 0 amide bonds. The molecule has 0 fully saturated rings. The van der Waals surface area contributed by atoms with Gasteiger partial charge in [0.1, 0.15) is 6.07 Å². The van der Waals surface area contributed by atoms with Crippen LogP contribution in [0, 0.1) is 21.4 Å². The number of non-ortho nitro benzene ring substituents is 1. The lowest BCUT2D eigenvalue weighted by molar-refractivity contribution is -0.384. The number of nitro benzene ring substituents is 1. The van der Waals surface area contributed by atoms with Crippen molar-refractivity contribution in [2.24, 2.45) is 0 Å². The van der Waals surface area contributed by atoms with Gasteiger partial charge in [-0.1, -0.05) is 18.2 Å². The first-order valence-electron chi connectivity index (χ1n) is 7.62. The summed E-state index contributed by atoms with van der Waals surface area (Å²) in [4.78, 5) is 15.7. The zero-order valence-electron chi connectivity index (χ0n) is 13.2. The van der Waals surface area contributed by atoms with E-state index in [-0.39, 0.29) is 5.69 Å². The number of hydrogen-bond donors (Lipinski definition) is 1. The van der Waals surface area contributed by atoms with Gasteiger partial charge in [-0.05, 0) is 24.6 Å². The molecule has 24 heavy (non-hydrogen) atoms. The first-order chi connectivity index (χ1) is 11.6.